The Morgan fingerprint density at radius 2 is 1.77 bits per heavy atom. The Labute approximate surface area is 231 Å². The van der Waals surface area contributed by atoms with Gasteiger partial charge in [0, 0.05) is 48.5 Å². The Balaban J connectivity index is 1.42. The number of ketones is 1. The summed E-state index contributed by atoms with van der Waals surface area (Å²) in [6, 6.07) is 1.78. The van der Waals surface area contributed by atoms with Crippen molar-refractivity contribution < 1.29 is 53.4 Å². The van der Waals surface area contributed by atoms with E-state index in [0.29, 0.717) is 0 Å². The molecule has 0 amide bonds. The van der Waals surface area contributed by atoms with E-state index in [-0.39, 0.29) is 25.9 Å². The Hall–Kier alpha value is -1.86. The number of hydrogen-bond acceptors (Lipinski definition) is 11. The highest BCUT2D eigenvalue weighted by molar-refractivity contribution is 5.91. The van der Waals surface area contributed by atoms with Gasteiger partial charge < -0.3 is 43.8 Å². The number of hydrogen-bond donors (Lipinski definition) is 4. The second-order valence-electron chi connectivity index (χ2n) is 13.6. The van der Waals surface area contributed by atoms with Gasteiger partial charge in [-0.05, 0) is 37.3 Å². The monoisotopic (exact) mass is 562 g/mol. The minimum atomic E-state index is -2.18. The van der Waals surface area contributed by atoms with E-state index >= 15 is 0 Å². The zero-order valence-corrected chi connectivity index (χ0v) is 23.3. The fourth-order valence-corrected chi connectivity index (χ4v) is 11.2. The summed E-state index contributed by atoms with van der Waals surface area (Å²) in [5.41, 5.74) is -5.34. The van der Waals surface area contributed by atoms with E-state index < -0.39 is 93.3 Å². The van der Waals surface area contributed by atoms with Gasteiger partial charge in [-0.1, -0.05) is 13.8 Å². The lowest BCUT2D eigenvalue weighted by molar-refractivity contribution is -0.508. The molecule has 0 aromatic carbocycles. The minimum Gasteiger partial charge on any atom is -0.472 e. The van der Waals surface area contributed by atoms with Gasteiger partial charge in [0.05, 0.1) is 42.9 Å². The molecule has 4 aliphatic carbocycles. The summed E-state index contributed by atoms with van der Waals surface area (Å²) >= 11 is 0. The summed E-state index contributed by atoms with van der Waals surface area (Å²) in [6.07, 6.45) is -1.65. The molecule has 220 valence electrons. The number of aliphatic hydroxyl groups is 4. The third kappa shape index (κ3) is 2.44. The number of carbonyl (C=O) groups excluding carboxylic acids is 2. The van der Waals surface area contributed by atoms with Crippen molar-refractivity contribution in [2.45, 2.75) is 95.0 Å². The Kier molecular flexibility index (Phi) is 5.23. The molecule has 6 aliphatic rings. The lowest BCUT2D eigenvalue weighted by atomic mass is 9.30. The van der Waals surface area contributed by atoms with Gasteiger partial charge >= 0.3 is 5.97 Å². The molecule has 2 bridgehead atoms. The van der Waals surface area contributed by atoms with Crippen molar-refractivity contribution in [1.82, 2.24) is 0 Å². The third-order valence-electron chi connectivity index (χ3n) is 12.8. The minimum absolute atomic E-state index is 0.0619. The highest BCUT2D eigenvalue weighted by atomic mass is 16.8. The predicted octanol–water partition coefficient (Wildman–Crippen LogP) is 0.869. The van der Waals surface area contributed by atoms with E-state index in [0.717, 1.165) is 5.56 Å². The van der Waals surface area contributed by atoms with Crippen molar-refractivity contribution in [3.8, 4) is 0 Å². The van der Waals surface area contributed by atoms with Crippen LogP contribution in [0.15, 0.2) is 23.0 Å². The van der Waals surface area contributed by atoms with Crippen LogP contribution in [0.4, 0.5) is 0 Å². The molecule has 1 aromatic heterocycles. The fourth-order valence-electron chi connectivity index (χ4n) is 11.2. The Bertz CT molecular complexity index is 1270. The van der Waals surface area contributed by atoms with Crippen molar-refractivity contribution in [1.29, 1.82) is 0 Å². The summed E-state index contributed by atoms with van der Waals surface area (Å²) in [4.78, 5) is 26.8. The number of aliphatic hydroxyl groups excluding tert-OH is 3. The molecule has 2 saturated heterocycles. The highest BCUT2D eigenvalue weighted by Gasteiger charge is 2.92. The standard InChI is InChI=1S/C29H38O11/c1-13(30)39-19-10-17(31)27-12-38-29(35,36-5)25(19,3)16(27)9-20-26(4)22(27)21(33)23(34)24(2)15(14-6-7-37-11-14)8-18(32)28(24,26)40-20/h6-7,11,15-20,22-23,31-32,34-35H,8-10,12H2,1-5H3/t15-,16+,17+,18-,19-,20-,22+,23+,24-,25+,26-,27-,28+,29?/m1/s1. The van der Waals surface area contributed by atoms with Crippen LogP contribution in [0.1, 0.15) is 58.4 Å². The number of Topliss-reactive ketones (excluding diaryl/α,β-unsaturated/α-hetero) is 1. The molecule has 3 heterocycles. The first-order valence-electron chi connectivity index (χ1n) is 14.1. The number of rotatable bonds is 3. The van der Waals surface area contributed by atoms with Gasteiger partial charge in [-0.25, -0.2) is 0 Å². The Morgan fingerprint density at radius 1 is 1.05 bits per heavy atom. The zero-order chi connectivity index (χ0) is 28.8. The molecule has 4 N–H and O–H groups in total. The van der Waals surface area contributed by atoms with E-state index in [1.165, 1.54) is 20.3 Å². The number of carbonyl (C=O) groups is 2. The molecule has 14 atom stereocenters. The van der Waals surface area contributed by atoms with E-state index in [4.69, 9.17) is 23.4 Å². The fraction of sp³-hybridized carbons (Fsp3) is 0.793. The maximum atomic E-state index is 14.6. The molecule has 11 heteroatoms. The van der Waals surface area contributed by atoms with Gasteiger partial charge in [-0.2, -0.15) is 0 Å². The quantitative estimate of drug-likeness (QED) is 0.305. The summed E-state index contributed by atoms with van der Waals surface area (Å²) in [7, 11) is 1.29. The van der Waals surface area contributed by atoms with Gasteiger partial charge in [-0.15, -0.1) is 0 Å². The number of methoxy groups -OCH3 is 1. The molecule has 2 aliphatic heterocycles. The molecule has 40 heavy (non-hydrogen) atoms. The first-order chi connectivity index (χ1) is 18.7. The van der Waals surface area contributed by atoms with E-state index in [9.17, 15) is 30.0 Å². The van der Waals surface area contributed by atoms with Crippen LogP contribution in [-0.4, -0.2) is 88.0 Å². The van der Waals surface area contributed by atoms with E-state index in [1.807, 2.05) is 13.8 Å². The Morgan fingerprint density at radius 3 is 2.40 bits per heavy atom. The van der Waals surface area contributed by atoms with Crippen LogP contribution in [0.5, 0.6) is 0 Å². The average molecular weight is 563 g/mol. The molecule has 11 nitrogen and oxygen atoms in total. The zero-order valence-electron chi connectivity index (χ0n) is 23.3. The normalized spacial score (nSPS) is 57.9. The lowest BCUT2D eigenvalue weighted by Crippen LogP contribution is -2.91. The smallest absolute Gasteiger partial charge is 0.302 e. The molecule has 1 spiro atoms. The molecule has 1 unspecified atom stereocenters. The van der Waals surface area contributed by atoms with Gasteiger partial charge in [0.25, 0.3) is 5.97 Å². The number of esters is 1. The van der Waals surface area contributed by atoms with Crippen LogP contribution < -0.4 is 0 Å². The van der Waals surface area contributed by atoms with Crippen LogP contribution in [0.2, 0.25) is 0 Å². The van der Waals surface area contributed by atoms with Crippen molar-refractivity contribution in [2.75, 3.05) is 13.7 Å². The second kappa shape index (κ2) is 7.75. The van der Waals surface area contributed by atoms with Gasteiger partial charge in [0.1, 0.15) is 17.8 Å². The van der Waals surface area contributed by atoms with Crippen LogP contribution in [0.3, 0.4) is 0 Å². The van der Waals surface area contributed by atoms with E-state index in [1.54, 1.807) is 19.3 Å². The highest BCUT2D eigenvalue weighted by Crippen LogP contribution is 2.82. The SMILES string of the molecule is COC1(O)OC[C@]23[C@@H](C[C@H]4O[C@@]56[C@H](O)C[C@H](c7ccoc7)[C@]5(C)[C@@H](O)C(=O)[C@H]2[C@@]46C)[C@@]1(C)[C@H](OC(C)=O)C[C@@H]3O. The van der Waals surface area contributed by atoms with Crippen LogP contribution in [0, 0.1) is 33.5 Å². The van der Waals surface area contributed by atoms with E-state index in [2.05, 4.69) is 0 Å². The molecule has 4 saturated carbocycles. The van der Waals surface area contributed by atoms with Crippen LogP contribution in [-0.2, 0) is 28.5 Å². The van der Waals surface area contributed by atoms with Crippen molar-refractivity contribution in [3.05, 3.63) is 24.2 Å². The molecule has 6 fully saturated rings. The summed E-state index contributed by atoms with van der Waals surface area (Å²) in [5, 5.41) is 47.3. The average Bonchev–Trinajstić information content (AvgIpc) is 3.51. The molecular formula is C29H38O11. The molecule has 7 rings (SSSR count). The summed E-state index contributed by atoms with van der Waals surface area (Å²) in [5.74, 6) is -5.26. The predicted molar refractivity (Wildman–Crippen MR) is 133 cm³/mol. The number of furan rings is 1. The first kappa shape index (κ1) is 27.0. The molecule has 0 radical (unpaired) electrons. The topological polar surface area (TPSA) is 165 Å². The van der Waals surface area contributed by atoms with Crippen LogP contribution in [0.25, 0.3) is 0 Å². The van der Waals surface area contributed by atoms with Crippen molar-refractivity contribution in [3.63, 3.8) is 0 Å². The van der Waals surface area contributed by atoms with Gasteiger partial charge in [-0.3, -0.25) is 9.59 Å². The molecule has 1 aromatic rings. The maximum Gasteiger partial charge on any atom is 0.302 e. The third-order valence-corrected chi connectivity index (χ3v) is 12.8. The van der Waals surface area contributed by atoms with Crippen molar-refractivity contribution >= 4 is 11.8 Å². The number of ether oxygens (including phenoxy) is 4. The van der Waals surface area contributed by atoms with Gasteiger partial charge in [0.2, 0.25) is 0 Å². The lowest BCUT2D eigenvalue weighted by Gasteiger charge is -2.81. The van der Waals surface area contributed by atoms with Crippen molar-refractivity contribution in [2.24, 2.45) is 33.5 Å². The van der Waals surface area contributed by atoms with Crippen LogP contribution >= 0.6 is 0 Å². The first-order valence-corrected chi connectivity index (χ1v) is 14.1. The molecular weight excluding hydrogens is 524 g/mol. The summed E-state index contributed by atoms with van der Waals surface area (Å²) < 4.78 is 29.3. The summed E-state index contributed by atoms with van der Waals surface area (Å²) in [6.45, 7) is 6.46. The maximum absolute atomic E-state index is 14.6. The van der Waals surface area contributed by atoms with Gasteiger partial charge in [0.15, 0.2) is 5.78 Å². The second-order valence-corrected chi connectivity index (χ2v) is 13.6. The largest absolute Gasteiger partial charge is 0.472 e.